The quantitative estimate of drug-likeness (QED) is 0.778. The van der Waals surface area contributed by atoms with Crippen LogP contribution in [0.15, 0.2) is 18.2 Å². The molecule has 1 heterocycles. The fourth-order valence-electron chi connectivity index (χ4n) is 2.75. The summed E-state index contributed by atoms with van der Waals surface area (Å²) in [5, 5.41) is -0.852. The zero-order chi connectivity index (χ0) is 15.5. The van der Waals surface area contributed by atoms with E-state index < -0.39 is 20.5 Å². The van der Waals surface area contributed by atoms with Crippen LogP contribution in [0.25, 0.3) is 0 Å². The lowest BCUT2D eigenvalue weighted by Crippen LogP contribution is -2.36. The molecule has 1 aliphatic heterocycles. The van der Waals surface area contributed by atoms with Crippen molar-refractivity contribution in [3.63, 3.8) is 0 Å². The average Bonchev–Trinajstić information content (AvgIpc) is 2.46. The van der Waals surface area contributed by atoms with Gasteiger partial charge in [0.15, 0.2) is 21.3 Å². The summed E-state index contributed by atoms with van der Waals surface area (Å²) in [5.74, 6) is 1.54. The number of halogens is 1. The molecule has 2 atom stereocenters. The Labute approximate surface area is 131 Å². The lowest BCUT2D eigenvalue weighted by atomic mass is 10.0. The molecule has 118 valence electrons. The van der Waals surface area contributed by atoms with Crippen LogP contribution in [0.5, 0.6) is 11.5 Å². The van der Waals surface area contributed by atoms with Crippen LogP contribution < -0.4 is 9.47 Å². The van der Waals surface area contributed by atoms with Gasteiger partial charge >= 0.3 is 0 Å². The maximum atomic E-state index is 12.1. The van der Waals surface area contributed by atoms with Gasteiger partial charge in [0.1, 0.15) is 0 Å². The summed E-state index contributed by atoms with van der Waals surface area (Å²) in [6, 6.07) is 5.56. The maximum absolute atomic E-state index is 12.1. The van der Waals surface area contributed by atoms with E-state index in [2.05, 4.69) is 0 Å². The number of rotatable bonds is 5. The van der Waals surface area contributed by atoms with E-state index in [1.54, 1.807) is 14.2 Å². The van der Waals surface area contributed by atoms with Crippen LogP contribution in [0.3, 0.4) is 0 Å². The Morgan fingerprint density at radius 3 is 2.57 bits per heavy atom. The van der Waals surface area contributed by atoms with Crippen LogP contribution >= 0.6 is 11.6 Å². The minimum atomic E-state index is -3.06. The number of methoxy groups -OCH3 is 2. The second-order valence-electron chi connectivity index (χ2n) is 5.31. The zero-order valence-corrected chi connectivity index (χ0v) is 13.9. The van der Waals surface area contributed by atoms with Gasteiger partial charge in [-0.3, -0.25) is 0 Å². The molecule has 0 bridgehead atoms. The van der Waals surface area contributed by atoms with Gasteiger partial charge in [-0.1, -0.05) is 12.5 Å². The van der Waals surface area contributed by atoms with Gasteiger partial charge in [-0.25, -0.2) is 8.42 Å². The molecule has 4 nitrogen and oxygen atoms in total. The molecule has 0 amide bonds. The van der Waals surface area contributed by atoms with Crippen LogP contribution in [-0.2, 0) is 16.3 Å². The minimum absolute atomic E-state index is 0.257. The summed E-state index contributed by atoms with van der Waals surface area (Å²) in [5.41, 5.74) is 0.952. The molecule has 0 aromatic heterocycles. The predicted octanol–water partition coefficient (Wildman–Crippen LogP) is 2.82. The fraction of sp³-hybridized carbons (Fsp3) is 0.600. The monoisotopic (exact) mass is 332 g/mol. The maximum Gasteiger partial charge on any atom is 0.160 e. The first kappa shape index (κ1) is 16.4. The van der Waals surface area contributed by atoms with Gasteiger partial charge < -0.3 is 9.47 Å². The summed E-state index contributed by atoms with van der Waals surface area (Å²) >= 11 is 6.40. The van der Waals surface area contributed by atoms with Crippen LogP contribution in [0.1, 0.15) is 24.8 Å². The largest absolute Gasteiger partial charge is 0.493 e. The van der Waals surface area contributed by atoms with Crippen molar-refractivity contribution in [1.29, 1.82) is 0 Å². The summed E-state index contributed by atoms with van der Waals surface area (Å²) < 4.78 is 34.7. The normalized spacial score (nSPS) is 22.5. The van der Waals surface area contributed by atoms with Gasteiger partial charge in [-0.2, -0.15) is 0 Å². The van der Waals surface area contributed by atoms with Crippen molar-refractivity contribution in [2.45, 2.75) is 36.3 Å². The Balaban J connectivity index is 2.14. The molecule has 1 aromatic carbocycles. The molecule has 21 heavy (non-hydrogen) atoms. The average molecular weight is 333 g/mol. The molecular weight excluding hydrogens is 312 g/mol. The molecule has 0 saturated carbocycles. The number of ether oxygens (including phenoxy) is 2. The highest BCUT2D eigenvalue weighted by Gasteiger charge is 2.34. The molecule has 0 aliphatic carbocycles. The Morgan fingerprint density at radius 2 is 1.95 bits per heavy atom. The first-order valence-corrected chi connectivity index (χ1v) is 9.19. The molecule has 2 rings (SSSR count). The number of hydrogen-bond acceptors (Lipinski definition) is 4. The fourth-order valence-corrected chi connectivity index (χ4v) is 5.51. The van der Waals surface area contributed by atoms with Crippen molar-refractivity contribution in [2.75, 3.05) is 20.0 Å². The second-order valence-corrected chi connectivity index (χ2v) is 8.21. The Morgan fingerprint density at radius 1 is 1.24 bits per heavy atom. The molecular formula is C15H21ClO4S. The van der Waals surface area contributed by atoms with E-state index in [0.717, 1.165) is 18.4 Å². The van der Waals surface area contributed by atoms with Crippen LogP contribution in [0, 0.1) is 0 Å². The van der Waals surface area contributed by atoms with Gasteiger partial charge in [-0.15, -0.1) is 11.6 Å². The molecule has 0 N–H and O–H groups in total. The third-order valence-electron chi connectivity index (χ3n) is 3.91. The highest BCUT2D eigenvalue weighted by Crippen LogP contribution is 2.31. The van der Waals surface area contributed by atoms with E-state index in [9.17, 15) is 8.42 Å². The van der Waals surface area contributed by atoms with Crippen LogP contribution in [-0.4, -0.2) is 39.0 Å². The number of alkyl halides is 1. The van der Waals surface area contributed by atoms with Crippen molar-refractivity contribution >= 4 is 21.4 Å². The SMILES string of the molecule is COc1ccc(CC(Cl)C2CCCCS2(=O)=O)cc1OC. The molecule has 1 saturated heterocycles. The van der Waals surface area contributed by atoms with E-state index >= 15 is 0 Å². The van der Waals surface area contributed by atoms with E-state index in [0.29, 0.717) is 24.3 Å². The molecule has 2 unspecified atom stereocenters. The smallest absolute Gasteiger partial charge is 0.160 e. The van der Waals surface area contributed by atoms with Crippen molar-refractivity contribution in [3.8, 4) is 11.5 Å². The molecule has 0 spiro atoms. The van der Waals surface area contributed by atoms with Gasteiger partial charge in [-0.05, 0) is 37.0 Å². The van der Waals surface area contributed by atoms with Gasteiger partial charge in [0.2, 0.25) is 0 Å². The van der Waals surface area contributed by atoms with Crippen LogP contribution in [0.4, 0.5) is 0 Å². The Kier molecular flexibility index (Phi) is 5.38. The van der Waals surface area contributed by atoms with Crippen molar-refractivity contribution in [2.24, 2.45) is 0 Å². The topological polar surface area (TPSA) is 52.6 Å². The van der Waals surface area contributed by atoms with Crippen molar-refractivity contribution < 1.29 is 17.9 Å². The summed E-state index contributed by atoms with van der Waals surface area (Å²) in [4.78, 5) is 0. The van der Waals surface area contributed by atoms with E-state index in [-0.39, 0.29) is 5.75 Å². The number of benzene rings is 1. The lowest BCUT2D eigenvalue weighted by molar-refractivity contribution is 0.354. The third kappa shape index (κ3) is 3.83. The number of hydrogen-bond donors (Lipinski definition) is 0. The first-order chi connectivity index (χ1) is 9.97. The predicted molar refractivity (Wildman–Crippen MR) is 84.3 cm³/mol. The van der Waals surface area contributed by atoms with E-state index in [4.69, 9.17) is 21.1 Å². The standard InChI is InChI=1S/C15H21ClO4S/c1-19-13-7-6-11(10-14(13)20-2)9-12(16)15-5-3-4-8-21(15,17)18/h6-7,10,12,15H,3-5,8-9H2,1-2H3. The Bertz CT molecular complexity index is 585. The molecule has 1 aromatic rings. The van der Waals surface area contributed by atoms with Crippen molar-refractivity contribution in [3.05, 3.63) is 23.8 Å². The molecule has 0 radical (unpaired) electrons. The summed E-state index contributed by atoms with van der Waals surface area (Å²) in [7, 11) is 0.0954. The van der Waals surface area contributed by atoms with Crippen LogP contribution in [0.2, 0.25) is 0 Å². The molecule has 6 heteroatoms. The zero-order valence-electron chi connectivity index (χ0n) is 12.3. The highest BCUT2D eigenvalue weighted by atomic mass is 35.5. The third-order valence-corrected chi connectivity index (χ3v) is 6.86. The Hall–Kier alpha value is -0.940. The van der Waals surface area contributed by atoms with Gasteiger partial charge in [0, 0.05) is 0 Å². The molecule has 1 aliphatic rings. The summed E-state index contributed by atoms with van der Waals surface area (Å²) in [6.07, 6.45) is 2.84. The molecule has 1 fully saturated rings. The first-order valence-electron chi connectivity index (χ1n) is 7.04. The lowest BCUT2D eigenvalue weighted by Gasteiger charge is -2.26. The van der Waals surface area contributed by atoms with Crippen molar-refractivity contribution in [1.82, 2.24) is 0 Å². The van der Waals surface area contributed by atoms with E-state index in [1.165, 1.54) is 0 Å². The second kappa shape index (κ2) is 6.88. The van der Waals surface area contributed by atoms with Gasteiger partial charge in [0.25, 0.3) is 0 Å². The van der Waals surface area contributed by atoms with Gasteiger partial charge in [0.05, 0.1) is 30.6 Å². The summed E-state index contributed by atoms with van der Waals surface area (Å²) in [6.45, 7) is 0. The van der Waals surface area contributed by atoms with E-state index in [1.807, 2.05) is 18.2 Å². The minimum Gasteiger partial charge on any atom is -0.493 e. The highest BCUT2D eigenvalue weighted by molar-refractivity contribution is 7.92. The number of sulfone groups is 1.